The molecular formula is C15H16N2O3. The summed E-state index contributed by atoms with van der Waals surface area (Å²) in [5, 5.41) is 22.1. The Labute approximate surface area is 116 Å². The first kappa shape index (κ1) is 13.7. The van der Waals surface area contributed by atoms with Gasteiger partial charge in [0.25, 0.3) is 0 Å². The molecule has 0 aliphatic carbocycles. The molecule has 5 heteroatoms. The van der Waals surface area contributed by atoms with Gasteiger partial charge in [0, 0.05) is 23.4 Å². The Hall–Kier alpha value is -2.69. The number of hydrogen-bond donors (Lipinski definition) is 4. The van der Waals surface area contributed by atoms with Crippen molar-refractivity contribution in [3.63, 3.8) is 0 Å². The molecule has 1 atom stereocenters. The molecule has 0 saturated carbocycles. The maximum atomic E-state index is 11.1. The molecule has 20 heavy (non-hydrogen) atoms. The maximum absolute atomic E-state index is 11.1. The maximum Gasteiger partial charge on any atom is 0.248 e. The molecule has 0 aromatic heterocycles. The number of carbonyl (C=O) groups is 1. The minimum Gasteiger partial charge on any atom is -0.508 e. The molecule has 2 rings (SSSR count). The zero-order valence-electron chi connectivity index (χ0n) is 11.0. The highest BCUT2D eigenvalue weighted by Gasteiger charge is 2.09. The van der Waals surface area contributed by atoms with Gasteiger partial charge in [0.05, 0.1) is 0 Å². The Balaban J connectivity index is 2.20. The lowest BCUT2D eigenvalue weighted by molar-refractivity contribution is 0.100. The smallest absolute Gasteiger partial charge is 0.248 e. The van der Waals surface area contributed by atoms with Crippen LogP contribution < -0.4 is 11.1 Å². The molecule has 0 aliphatic rings. The number of nitrogens with two attached hydrogens (primary N) is 1. The van der Waals surface area contributed by atoms with Crippen LogP contribution in [0.15, 0.2) is 42.5 Å². The summed E-state index contributed by atoms with van der Waals surface area (Å²) in [5.41, 5.74) is 7.11. The van der Waals surface area contributed by atoms with Crippen LogP contribution in [0.4, 0.5) is 5.69 Å². The summed E-state index contributed by atoms with van der Waals surface area (Å²) in [5.74, 6) is -0.490. The number of phenolic OH excluding ortho intramolecular Hbond substituents is 2. The molecule has 1 unspecified atom stereocenters. The first-order valence-corrected chi connectivity index (χ1v) is 6.15. The average molecular weight is 272 g/mol. The van der Waals surface area contributed by atoms with Gasteiger partial charge in [0.2, 0.25) is 5.91 Å². The van der Waals surface area contributed by atoms with Crippen LogP contribution in [0.25, 0.3) is 0 Å². The van der Waals surface area contributed by atoms with Gasteiger partial charge in [-0.15, -0.1) is 0 Å². The normalized spacial score (nSPS) is 11.8. The second kappa shape index (κ2) is 5.52. The fraction of sp³-hybridized carbons (Fsp3) is 0.133. The molecule has 0 saturated heterocycles. The van der Waals surface area contributed by atoms with Crippen molar-refractivity contribution in [3.8, 4) is 11.5 Å². The summed E-state index contributed by atoms with van der Waals surface area (Å²) in [4.78, 5) is 11.1. The van der Waals surface area contributed by atoms with Gasteiger partial charge in [0.15, 0.2) is 0 Å². The lowest BCUT2D eigenvalue weighted by Crippen LogP contribution is -2.12. The number of carbonyl (C=O) groups excluding carboxylic acids is 1. The highest BCUT2D eigenvalue weighted by Crippen LogP contribution is 2.27. The molecule has 5 nitrogen and oxygen atoms in total. The number of benzene rings is 2. The van der Waals surface area contributed by atoms with Gasteiger partial charge in [-0.3, -0.25) is 4.79 Å². The number of anilines is 1. The third-order valence-corrected chi connectivity index (χ3v) is 2.96. The fourth-order valence-corrected chi connectivity index (χ4v) is 1.96. The molecule has 0 fully saturated rings. The fourth-order valence-electron chi connectivity index (χ4n) is 1.96. The number of hydrogen-bond acceptors (Lipinski definition) is 4. The SMILES string of the molecule is CC(Nc1cccc(C(N)=O)c1)c1cc(O)cc(O)c1. The van der Waals surface area contributed by atoms with Gasteiger partial charge in [-0.25, -0.2) is 0 Å². The van der Waals surface area contributed by atoms with E-state index in [4.69, 9.17) is 5.73 Å². The second-order valence-electron chi connectivity index (χ2n) is 4.59. The van der Waals surface area contributed by atoms with Crippen LogP contribution in [0.2, 0.25) is 0 Å². The summed E-state index contributed by atoms with van der Waals surface area (Å²) < 4.78 is 0. The van der Waals surface area contributed by atoms with Gasteiger partial charge in [-0.05, 0) is 42.8 Å². The third-order valence-electron chi connectivity index (χ3n) is 2.96. The van der Waals surface area contributed by atoms with E-state index in [9.17, 15) is 15.0 Å². The minimum absolute atomic E-state index is 0.000429. The molecular weight excluding hydrogens is 256 g/mol. The Bertz CT molecular complexity index is 621. The monoisotopic (exact) mass is 272 g/mol. The number of aromatic hydroxyl groups is 2. The Morgan fingerprint density at radius 2 is 1.80 bits per heavy atom. The number of nitrogens with one attached hydrogen (secondary N) is 1. The number of phenols is 2. The average Bonchev–Trinajstić information content (AvgIpc) is 2.37. The number of rotatable bonds is 4. The molecule has 0 heterocycles. The summed E-state index contributed by atoms with van der Waals surface area (Å²) in [7, 11) is 0. The second-order valence-corrected chi connectivity index (χ2v) is 4.59. The largest absolute Gasteiger partial charge is 0.508 e. The lowest BCUT2D eigenvalue weighted by atomic mass is 10.1. The van der Waals surface area contributed by atoms with Crippen molar-refractivity contribution in [2.24, 2.45) is 5.73 Å². The molecule has 0 spiro atoms. The van der Waals surface area contributed by atoms with Crippen molar-refractivity contribution in [1.82, 2.24) is 0 Å². The predicted octanol–water partition coefficient (Wildman–Crippen LogP) is 2.37. The first-order chi connectivity index (χ1) is 9.45. The van der Waals surface area contributed by atoms with Crippen molar-refractivity contribution in [3.05, 3.63) is 53.6 Å². The van der Waals surface area contributed by atoms with E-state index in [0.29, 0.717) is 5.56 Å². The molecule has 1 amide bonds. The molecule has 2 aromatic rings. The topological polar surface area (TPSA) is 95.6 Å². The zero-order valence-corrected chi connectivity index (χ0v) is 11.0. The van der Waals surface area contributed by atoms with Gasteiger partial charge in [-0.2, -0.15) is 0 Å². The highest BCUT2D eigenvalue weighted by molar-refractivity contribution is 5.93. The van der Waals surface area contributed by atoms with Crippen LogP contribution >= 0.6 is 0 Å². The molecule has 0 bridgehead atoms. The zero-order chi connectivity index (χ0) is 14.7. The Morgan fingerprint density at radius 3 is 2.40 bits per heavy atom. The van der Waals surface area contributed by atoms with E-state index in [1.165, 1.54) is 6.07 Å². The lowest BCUT2D eigenvalue weighted by Gasteiger charge is -2.16. The highest BCUT2D eigenvalue weighted by atomic mass is 16.3. The molecule has 0 aliphatic heterocycles. The van der Waals surface area contributed by atoms with Gasteiger partial charge < -0.3 is 21.3 Å². The van der Waals surface area contributed by atoms with E-state index in [1.54, 1.807) is 30.3 Å². The van der Waals surface area contributed by atoms with E-state index in [1.807, 2.05) is 13.0 Å². The molecule has 5 N–H and O–H groups in total. The first-order valence-electron chi connectivity index (χ1n) is 6.15. The van der Waals surface area contributed by atoms with Crippen LogP contribution in [0.3, 0.4) is 0 Å². The molecule has 104 valence electrons. The van der Waals surface area contributed by atoms with E-state index >= 15 is 0 Å². The van der Waals surface area contributed by atoms with Crippen molar-refractivity contribution in [1.29, 1.82) is 0 Å². The molecule has 2 aromatic carbocycles. The summed E-state index contributed by atoms with van der Waals surface area (Å²) in [6.45, 7) is 1.88. The van der Waals surface area contributed by atoms with Gasteiger partial charge in [-0.1, -0.05) is 6.07 Å². The van der Waals surface area contributed by atoms with Crippen molar-refractivity contribution in [2.75, 3.05) is 5.32 Å². The van der Waals surface area contributed by atoms with Crippen LogP contribution in [0, 0.1) is 0 Å². The minimum atomic E-state index is -0.490. The van der Waals surface area contributed by atoms with Crippen LogP contribution in [-0.4, -0.2) is 16.1 Å². The summed E-state index contributed by atoms with van der Waals surface area (Å²) >= 11 is 0. The number of primary amides is 1. The van der Waals surface area contributed by atoms with E-state index in [2.05, 4.69) is 5.32 Å². The third kappa shape index (κ3) is 3.20. The van der Waals surface area contributed by atoms with Gasteiger partial charge >= 0.3 is 0 Å². The van der Waals surface area contributed by atoms with E-state index in [0.717, 1.165) is 11.3 Å². The Morgan fingerprint density at radius 1 is 1.15 bits per heavy atom. The van der Waals surface area contributed by atoms with Crippen molar-refractivity contribution in [2.45, 2.75) is 13.0 Å². The Kier molecular flexibility index (Phi) is 3.79. The molecule has 0 radical (unpaired) electrons. The van der Waals surface area contributed by atoms with E-state index < -0.39 is 5.91 Å². The summed E-state index contributed by atoms with van der Waals surface area (Å²) in [6.07, 6.45) is 0. The summed E-state index contributed by atoms with van der Waals surface area (Å²) in [6, 6.07) is 11.1. The standard InChI is InChI=1S/C15H16N2O3/c1-9(11-6-13(18)8-14(19)7-11)17-12-4-2-3-10(5-12)15(16)20/h2-9,17-19H,1H3,(H2,16,20). The quantitative estimate of drug-likeness (QED) is 0.687. The van der Waals surface area contributed by atoms with Crippen molar-refractivity contribution >= 4 is 11.6 Å². The van der Waals surface area contributed by atoms with Crippen molar-refractivity contribution < 1.29 is 15.0 Å². The van der Waals surface area contributed by atoms with E-state index in [-0.39, 0.29) is 17.5 Å². The predicted molar refractivity (Wildman–Crippen MR) is 76.8 cm³/mol. The van der Waals surface area contributed by atoms with Crippen LogP contribution in [-0.2, 0) is 0 Å². The van der Waals surface area contributed by atoms with Crippen LogP contribution in [0.5, 0.6) is 11.5 Å². The van der Waals surface area contributed by atoms with Gasteiger partial charge in [0.1, 0.15) is 11.5 Å². The number of amides is 1. The van der Waals surface area contributed by atoms with Crippen LogP contribution in [0.1, 0.15) is 28.9 Å².